The second kappa shape index (κ2) is 4.10. The van der Waals surface area contributed by atoms with Crippen LogP contribution in [0.2, 0.25) is 0 Å². The Morgan fingerprint density at radius 2 is 1.08 bits per heavy atom. The van der Waals surface area contributed by atoms with E-state index in [-0.39, 0.29) is 0 Å². The van der Waals surface area contributed by atoms with Crippen LogP contribution in [0.3, 0.4) is 0 Å². The topological polar surface area (TPSA) is 9.23 Å². The van der Waals surface area contributed by atoms with E-state index >= 15 is 0 Å². The highest BCUT2D eigenvalue weighted by Crippen LogP contribution is 2.38. The lowest BCUT2D eigenvalue weighted by atomic mass is 10.6. The van der Waals surface area contributed by atoms with Gasteiger partial charge >= 0.3 is 23.5 Å². The highest BCUT2D eigenvalue weighted by molar-refractivity contribution is 6.24. The first-order valence-electron chi connectivity index (χ1n) is 2.61. The van der Waals surface area contributed by atoms with Crippen LogP contribution in [0.15, 0.2) is 0 Å². The molecular formula is C4H2Cl2F6O. The summed E-state index contributed by atoms with van der Waals surface area (Å²) >= 11 is 8.41. The van der Waals surface area contributed by atoms with Gasteiger partial charge in [0, 0.05) is 0 Å². The van der Waals surface area contributed by atoms with E-state index in [0.717, 1.165) is 0 Å². The molecule has 0 fully saturated rings. The molecule has 2 unspecified atom stereocenters. The molecule has 0 aromatic rings. The summed E-state index contributed by atoms with van der Waals surface area (Å²) in [6.45, 7) is 0. The van der Waals surface area contributed by atoms with E-state index in [4.69, 9.17) is 0 Å². The smallest absolute Gasteiger partial charge is 0.274 e. The molecule has 0 heterocycles. The number of ether oxygens (including phenoxy) is 1. The first-order valence-corrected chi connectivity index (χ1v) is 3.37. The van der Waals surface area contributed by atoms with Gasteiger partial charge in [-0.2, -0.15) is 8.78 Å². The molecule has 0 aromatic heterocycles. The fourth-order valence-corrected chi connectivity index (χ4v) is 0.535. The normalized spacial score (nSPS) is 21.7. The average molecular weight is 251 g/mol. The van der Waals surface area contributed by atoms with Crippen molar-refractivity contribution in [1.29, 1.82) is 0 Å². The van der Waals surface area contributed by atoms with Crippen LogP contribution >= 0.6 is 23.2 Å². The van der Waals surface area contributed by atoms with Crippen molar-refractivity contribution in [2.24, 2.45) is 0 Å². The Morgan fingerprint density at radius 1 is 0.846 bits per heavy atom. The molecule has 0 rings (SSSR count). The monoisotopic (exact) mass is 250 g/mol. The Kier molecular flexibility index (Phi) is 4.14. The van der Waals surface area contributed by atoms with E-state index in [1.807, 2.05) is 0 Å². The van der Waals surface area contributed by atoms with Gasteiger partial charge in [-0.1, -0.05) is 0 Å². The molecule has 0 radical (unpaired) electrons. The number of hydrogen-bond acceptors (Lipinski definition) is 1. The third-order valence-corrected chi connectivity index (χ3v) is 1.26. The molecule has 0 aliphatic rings. The zero-order valence-corrected chi connectivity index (χ0v) is 7.10. The summed E-state index contributed by atoms with van der Waals surface area (Å²) in [6, 6.07) is 0. The van der Waals surface area contributed by atoms with Gasteiger partial charge in [0.25, 0.3) is 0 Å². The number of alkyl halides is 8. The molecule has 13 heavy (non-hydrogen) atoms. The quantitative estimate of drug-likeness (QED) is 0.550. The molecular weight excluding hydrogens is 249 g/mol. The highest BCUT2D eigenvalue weighted by atomic mass is 35.5. The Bertz CT molecular complexity index is 154. The lowest BCUT2D eigenvalue weighted by molar-refractivity contribution is -0.272. The van der Waals surface area contributed by atoms with Crippen LogP contribution in [0, 0.1) is 0 Å². The second-order valence-electron chi connectivity index (χ2n) is 1.83. The SMILES string of the molecule is FC(F)C(F)(Cl)OC(F)(Cl)C(F)F. The second-order valence-corrected chi connectivity index (χ2v) is 2.86. The summed E-state index contributed by atoms with van der Waals surface area (Å²) in [5.41, 5.74) is 0. The van der Waals surface area contributed by atoms with Crippen LogP contribution < -0.4 is 0 Å². The van der Waals surface area contributed by atoms with E-state index < -0.39 is 23.5 Å². The summed E-state index contributed by atoms with van der Waals surface area (Å²) in [7, 11) is 0. The van der Waals surface area contributed by atoms with E-state index in [0.29, 0.717) is 0 Å². The van der Waals surface area contributed by atoms with E-state index in [9.17, 15) is 26.3 Å². The lowest BCUT2D eigenvalue weighted by Gasteiger charge is -2.24. The van der Waals surface area contributed by atoms with Gasteiger partial charge < -0.3 is 0 Å². The van der Waals surface area contributed by atoms with Crippen molar-refractivity contribution in [3.63, 3.8) is 0 Å². The van der Waals surface area contributed by atoms with Gasteiger partial charge in [-0.15, -0.1) is 0 Å². The molecule has 0 bridgehead atoms. The maximum Gasteiger partial charge on any atom is 0.351 e. The van der Waals surface area contributed by atoms with Gasteiger partial charge in [-0.05, 0) is 23.2 Å². The number of hydrogen-bond donors (Lipinski definition) is 0. The van der Waals surface area contributed by atoms with E-state index in [1.54, 1.807) is 0 Å². The molecule has 9 heteroatoms. The molecule has 0 aromatic carbocycles. The summed E-state index contributed by atoms with van der Waals surface area (Å²) in [5, 5.41) is -8.76. The van der Waals surface area contributed by atoms with Crippen LogP contribution in [0.25, 0.3) is 0 Å². The fourth-order valence-electron chi connectivity index (χ4n) is 0.271. The van der Waals surface area contributed by atoms with Gasteiger partial charge in [0.05, 0.1) is 0 Å². The predicted octanol–water partition coefficient (Wildman–Crippen LogP) is 3.26. The van der Waals surface area contributed by atoms with E-state index in [2.05, 4.69) is 27.9 Å². The summed E-state index contributed by atoms with van der Waals surface area (Å²) < 4.78 is 73.3. The first kappa shape index (κ1) is 13.1. The van der Waals surface area contributed by atoms with Gasteiger partial charge in [-0.3, -0.25) is 4.74 Å². The standard InChI is InChI=1S/C4H2Cl2F6O/c5-3(11,1(7)8)13-4(6,12)2(9)10/h1-2H. The minimum absolute atomic E-state index is 2.85. The molecule has 0 spiro atoms. The highest BCUT2D eigenvalue weighted by Gasteiger charge is 2.52. The zero-order valence-electron chi connectivity index (χ0n) is 5.59. The van der Waals surface area contributed by atoms with Crippen LogP contribution in [0.5, 0.6) is 0 Å². The molecule has 1 nitrogen and oxygen atoms in total. The van der Waals surface area contributed by atoms with Crippen molar-refractivity contribution in [1.82, 2.24) is 0 Å². The molecule has 80 valence electrons. The minimum Gasteiger partial charge on any atom is -0.274 e. The number of halogens is 8. The van der Waals surface area contributed by atoms with Crippen LogP contribution in [0.4, 0.5) is 26.3 Å². The van der Waals surface area contributed by atoms with Gasteiger partial charge in [0.2, 0.25) is 0 Å². The van der Waals surface area contributed by atoms with Crippen molar-refractivity contribution >= 4 is 23.2 Å². The van der Waals surface area contributed by atoms with Crippen molar-refractivity contribution in [2.45, 2.75) is 23.5 Å². The third kappa shape index (κ3) is 3.78. The molecule has 0 saturated carbocycles. The largest absolute Gasteiger partial charge is 0.351 e. The van der Waals surface area contributed by atoms with Crippen LogP contribution in [-0.4, -0.2) is 23.5 Å². The Balaban J connectivity index is 4.42. The first-order chi connectivity index (χ1) is 5.59. The van der Waals surface area contributed by atoms with Crippen molar-refractivity contribution in [2.75, 3.05) is 0 Å². The summed E-state index contributed by atoms with van der Waals surface area (Å²) in [5.74, 6) is 0. The lowest BCUT2D eigenvalue weighted by Crippen LogP contribution is -2.41. The molecule has 0 amide bonds. The molecule has 2 atom stereocenters. The molecule has 0 aliphatic heterocycles. The average Bonchev–Trinajstić information content (AvgIpc) is 1.83. The fraction of sp³-hybridized carbons (Fsp3) is 1.00. The Morgan fingerprint density at radius 3 is 1.23 bits per heavy atom. The van der Waals surface area contributed by atoms with E-state index in [1.165, 1.54) is 0 Å². The maximum atomic E-state index is 12.2. The summed E-state index contributed by atoms with van der Waals surface area (Å²) in [4.78, 5) is 0. The van der Waals surface area contributed by atoms with Crippen molar-refractivity contribution in [3.8, 4) is 0 Å². The van der Waals surface area contributed by atoms with Gasteiger partial charge in [-0.25, -0.2) is 17.6 Å². The van der Waals surface area contributed by atoms with Crippen LogP contribution in [-0.2, 0) is 4.74 Å². The Hall–Kier alpha value is 0.120. The van der Waals surface area contributed by atoms with Crippen molar-refractivity contribution < 1.29 is 31.1 Å². The molecule has 0 saturated heterocycles. The third-order valence-electron chi connectivity index (χ3n) is 0.780. The zero-order chi connectivity index (χ0) is 10.9. The molecule has 0 aliphatic carbocycles. The Labute approximate surface area is 78.5 Å². The summed E-state index contributed by atoms with van der Waals surface area (Å²) in [6.07, 6.45) is -8.02. The van der Waals surface area contributed by atoms with Crippen molar-refractivity contribution in [3.05, 3.63) is 0 Å². The maximum absolute atomic E-state index is 12.2. The molecule has 0 N–H and O–H groups in total. The van der Waals surface area contributed by atoms with Crippen LogP contribution in [0.1, 0.15) is 0 Å². The van der Waals surface area contributed by atoms with Gasteiger partial charge in [0.15, 0.2) is 0 Å². The number of rotatable bonds is 4. The minimum atomic E-state index is -4.38. The van der Waals surface area contributed by atoms with Gasteiger partial charge in [0.1, 0.15) is 0 Å². The predicted molar refractivity (Wildman–Crippen MR) is 32.5 cm³/mol.